The number of carbonyl (C=O) groups excluding carboxylic acids is 1. The van der Waals surface area contributed by atoms with E-state index in [-0.39, 0.29) is 17.3 Å². The molecule has 0 spiro atoms. The van der Waals surface area contributed by atoms with Gasteiger partial charge in [-0.2, -0.15) is 0 Å². The molecule has 0 saturated carbocycles. The van der Waals surface area contributed by atoms with Gasteiger partial charge in [0.25, 0.3) is 5.69 Å². The molecule has 0 saturated heterocycles. The van der Waals surface area contributed by atoms with E-state index in [2.05, 4.69) is 15.5 Å². The number of halogens is 2. The zero-order valence-corrected chi connectivity index (χ0v) is 20.3. The molecule has 12 heteroatoms. The fourth-order valence-electron chi connectivity index (χ4n) is 2.70. The lowest BCUT2D eigenvalue weighted by Crippen LogP contribution is -2.15. The third-order valence-corrected chi connectivity index (χ3v) is 7.20. The number of carbonyl (C=O) groups is 1. The molecule has 0 atom stereocenters. The maximum absolute atomic E-state index is 12.3. The van der Waals surface area contributed by atoms with Gasteiger partial charge in [0.15, 0.2) is 5.16 Å². The van der Waals surface area contributed by atoms with Crippen molar-refractivity contribution in [2.24, 2.45) is 7.05 Å². The van der Waals surface area contributed by atoms with E-state index in [9.17, 15) is 14.9 Å². The summed E-state index contributed by atoms with van der Waals surface area (Å²) in [4.78, 5) is 22.7. The highest BCUT2D eigenvalue weighted by Gasteiger charge is 2.14. The van der Waals surface area contributed by atoms with Gasteiger partial charge in [-0.15, -0.1) is 22.0 Å². The first-order chi connectivity index (χ1) is 15.2. The molecule has 3 aromatic rings. The van der Waals surface area contributed by atoms with Gasteiger partial charge in [0, 0.05) is 30.6 Å². The molecule has 0 fully saturated rings. The maximum Gasteiger partial charge on any atom is 0.269 e. The van der Waals surface area contributed by atoms with Crippen LogP contribution in [0.25, 0.3) is 0 Å². The zero-order chi connectivity index (χ0) is 23.3. The first-order valence-corrected chi connectivity index (χ1v) is 12.2. The Balaban J connectivity index is 1.50. The number of rotatable bonds is 9. The molecule has 168 valence electrons. The van der Waals surface area contributed by atoms with Gasteiger partial charge < -0.3 is 9.88 Å². The minimum absolute atomic E-state index is 0.0153. The lowest BCUT2D eigenvalue weighted by Gasteiger charge is -2.08. The van der Waals surface area contributed by atoms with Crippen molar-refractivity contribution < 1.29 is 9.72 Å². The number of anilines is 1. The molecule has 0 radical (unpaired) electrons. The average Bonchev–Trinajstić information content (AvgIpc) is 3.10. The Kier molecular flexibility index (Phi) is 8.41. The summed E-state index contributed by atoms with van der Waals surface area (Å²) in [6, 6.07) is 9.87. The number of hydrogen-bond donors (Lipinski definition) is 1. The number of aromatic nitrogens is 3. The van der Waals surface area contributed by atoms with Crippen molar-refractivity contribution in [1.29, 1.82) is 0 Å². The van der Waals surface area contributed by atoms with Crippen molar-refractivity contribution in [2.75, 3.05) is 11.1 Å². The van der Waals surface area contributed by atoms with E-state index in [0.29, 0.717) is 32.2 Å². The van der Waals surface area contributed by atoms with Crippen LogP contribution in [0.2, 0.25) is 10.0 Å². The SMILES string of the molecule is Cc1cc([N+](=O)[O-])ccc1NC(=O)CSc1nnc(CSCc2ccc(Cl)c(Cl)c2)n1C. The second-order valence-electron chi connectivity index (χ2n) is 6.79. The molecule has 0 aliphatic heterocycles. The molecule has 8 nitrogen and oxygen atoms in total. The molecule has 32 heavy (non-hydrogen) atoms. The van der Waals surface area contributed by atoms with Crippen LogP contribution in [0.15, 0.2) is 41.6 Å². The minimum Gasteiger partial charge on any atom is -0.325 e. The van der Waals surface area contributed by atoms with E-state index in [0.717, 1.165) is 17.1 Å². The normalized spacial score (nSPS) is 10.9. The summed E-state index contributed by atoms with van der Waals surface area (Å²) in [7, 11) is 1.86. The van der Waals surface area contributed by atoms with Gasteiger partial charge in [-0.05, 0) is 36.2 Å². The minimum atomic E-state index is -0.469. The second kappa shape index (κ2) is 11.0. The van der Waals surface area contributed by atoms with E-state index in [4.69, 9.17) is 23.2 Å². The highest BCUT2D eigenvalue weighted by molar-refractivity contribution is 7.99. The molecular formula is C20H19Cl2N5O3S2. The van der Waals surface area contributed by atoms with Gasteiger partial charge in [0.05, 0.1) is 26.5 Å². The molecule has 2 aromatic carbocycles. The lowest BCUT2D eigenvalue weighted by molar-refractivity contribution is -0.384. The maximum atomic E-state index is 12.3. The summed E-state index contributed by atoms with van der Waals surface area (Å²) in [6.07, 6.45) is 0. The number of non-ortho nitro benzene ring substituents is 1. The number of aryl methyl sites for hydroxylation is 1. The van der Waals surface area contributed by atoms with Crippen molar-refractivity contribution >= 4 is 64.0 Å². The van der Waals surface area contributed by atoms with Gasteiger partial charge >= 0.3 is 0 Å². The van der Waals surface area contributed by atoms with Crippen molar-refractivity contribution in [3.8, 4) is 0 Å². The molecule has 0 unspecified atom stereocenters. The van der Waals surface area contributed by atoms with Crippen LogP contribution >= 0.6 is 46.7 Å². The third-order valence-electron chi connectivity index (χ3n) is 4.44. The molecule has 0 aliphatic carbocycles. The van der Waals surface area contributed by atoms with Crippen LogP contribution in [-0.4, -0.2) is 31.3 Å². The zero-order valence-electron chi connectivity index (χ0n) is 17.2. The Morgan fingerprint density at radius 2 is 1.94 bits per heavy atom. The standard InChI is InChI=1S/C20H19Cl2N5O3S2/c1-12-7-14(27(29)30)4-6-17(12)23-19(28)11-32-20-25-24-18(26(20)2)10-31-9-13-3-5-15(21)16(22)8-13/h3-8H,9-11H2,1-2H3,(H,23,28). The highest BCUT2D eigenvalue weighted by atomic mass is 35.5. The van der Waals surface area contributed by atoms with Crippen LogP contribution in [0.5, 0.6) is 0 Å². The number of amides is 1. The number of hydrogen-bond acceptors (Lipinski definition) is 7. The summed E-state index contributed by atoms with van der Waals surface area (Å²) in [5.74, 6) is 2.11. The smallest absolute Gasteiger partial charge is 0.269 e. The first-order valence-electron chi connectivity index (χ1n) is 9.32. The van der Waals surface area contributed by atoms with Gasteiger partial charge in [0.2, 0.25) is 5.91 Å². The van der Waals surface area contributed by atoms with Crippen LogP contribution in [-0.2, 0) is 23.3 Å². The Labute approximate surface area is 203 Å². The van der Waals surface area contributed by atoms with E-state index in [1.807, 2.05) is 23.7 Å². The van der Waals surface area contributed by atoms with Gasteiger partial charge in [-0.25, -0.2) is 0 Å². The predicted octanol–water partition coefficient (Wildman–Crippen LogP) is 5.50. The highest BCUT2D eigenvalue weighted by Crippen LogP contribution is 2.26. The monoisotopic (exact) mass is 511 g/mol. The largest absolute Gasteiger partial charge is 0.325 e. The van der Waals surface area contributed by atoms with Crippen molar-refractivity contribution in [1.82, 2.24) is 14.8 Å². The molecule has 1 heterocycles. The van der Waals surface area contributed by atoms with Crippen molar-refractivity contribution in [2.45, 2.75) is 23.6 Å². The quantitative estimate of drug-likeness (QED) is 0.229. The van der Waals surface area contributed by atoms with E-state index >= 15 is 0 Å². The van der Waals surface area contributed by atoms with E-state index in [1.165, 1.54) is 30.0 Å². The fraction of sp³-hybridized carbons (Fsp3) is 0.250. The van der Waals surface area contributed by atoms with Crippen LogP contribution < -0.4 is 5.32 Å². The lowest BCUT2D eigenvalue weighted by atomic mass is 10.2. The van der Waals surface area contributed by atoms with Crippen LogP contribution in [0, 0.1) is 17.0 Å². The number of nitro benzene ring substituents is 1. The van der Waals surface area contributed by atoms with Crippen LogP contribution in [0.1, 0.15) is 17.0 Å². The Morgan fingerprint density at radius 3 is 2.62 bits per heavy atom. The number of nitro groups is 1. The van der Waals surface area contributed by atoms with Crippen LogP contribution in [0.4, 0.5) is 11.4 Å². The van der Waals surface area contributed by atoms with E-state index in [1.54, 1.807) is 24.8 Å². The topological polar surface area (TPSA) is 103 Å². The molecule has 1 N–H and O–H groups in total. The second-order valence-corrected chi connectivity index (χ2v) is 9.53. The van der Waals surface area contributed by atoms with Gasteiger partial charge in [-0.1, -0.05) is 41.0 Å². The van der Waals surface area contributed by atoms with Gasteiger partial charge in [-0.3, -0.25) is 14.9 Å². The Morgan fingerprint density at radius 1 is 1.16 bits per heavy atom. The Hall–Kier alpha value is -2.27. The molecular weight excluding hydrogens is 493 g/mol. The number of benzene rings is 2. The summed E-state index contributed by atoms with van der Waals surface area (Å²) in [6.45, 7) is 1.71. The first kappa shape index (κ1) is 24.4. The molecule has 0 bridgehead atoms. The summed E-state index contributed by atoms with van der Waals surface area (Å²) < 4.78 is 1.86. The molecule has 3 rings (SSSR count). The summed E-state index contributed by atoms with van der Waals surface area (Å²) in [5, 5.41) is 23.7. The predicted molar refractivity (Wildman–Crippen MR) is 130 cm³/mol. The molecule has 1 aromatic heterocycles. The summed E-state index contributed by atoms with van der Waals surface area (Å²) >= 11 is 14.9. The van der Waals surface area contributed by atoms with Crippen LogP contribution in [0.3, 0.4) is 0 Å². The van der Waals surface area contributed by atoms with Crippen molar-refractivity contribution in [3.05, 3.63) is 73.5 Å². The fourth-order valence-corrected chi connectivity index (χ4v) is 4.71. The van der Waals surface area contributed by atoms with E-state index < -0.39 is 4.92 Å². The van der Waals surface area contributed by atoms with Crippen molar-refractivity contribution in [3.63, 3.8) is 0 Å². The Bertz CT molecular complexity index is 1160. The average molecular weight is 512 g/mol. The van der Waals surface area contributed by atoms with Gasteiger partial charge in [0.1, 0.15) is 5.82 Å². The number of thioether (sulfide) groups is 2. The third kappa shape index (κ3) is 6.38. The number of nitrogens with one attached hydrogen (secondary N) is 1. The molecule has 1 amide bonds. The number of nitrogens with zero attached hydrogens (tertiary/aromatic N) is 4. The summed E-state index contributed by atoms with van der Waals surface area (Å²) in [5.41, 5.74) is 2.22. The molecule has 0 aliphatic rings.